The van der Waals surface area contributed by atoms with Gasteiger partial charge in [0.25, 0.3) is 0 Å². The van der Waals surface area contributed by atoms with Crippen LogP contribution in [0.1, 0.15) is 19.4 Å². The minimum atomic E-state index is -0.0857. The Morgan fingerprint density at radius 2 is 1.91 bits per heavy atom. The van der Waals surface area contributed by atoms with Crippen LogP contribution in [0, 0.1) is 5.92 Å². The second-order valence-corrected chi connectivity index (χ2v) is 5.48. The van der Waals surface area contributed by atoms with Crippen LogP contribution in [-0.2, 0) is 11.2 Å². The van der Waals surface area contributed by atoms with Crippen LogP contribution in [0.2, 0.25) is 0 Å². The smallest absolute Gasteiger partial charge is 0.228 e. The lowest BCUT2D eigenvalue weighted by atomic mass is 10.1. The molecule has 1 aromatic heterocycles. The van der Waals surface area contributed by atoms with Crippen LogP contribution >= 0.6 is 0 Å². The van der Waals surface area contributed by atoms with Crippen molar-refractivity contribution in [2.45, 2.75) is 20.3 Å². The van der Waals surface area contributed by atoms with Crippen LogP contribution in [0.5, 0.6) is 5.75 Å². The highest BCUT2D eigenvalue weighted by Crippen LogP contribution is 2.13. The Hall–Kier alpha value is -2.63. The van der Waals surface area contributed by atoms with E-state index in [1.54, 1.807) is 19.2 Å². The first-order valence-corrected chi connectivity index (χ1v) is 7.60. The Bertz CT molecular complexity index is 641. The summed E-state index contributed by atoms with van der Waals surface area (Å²) in [6, 6.07) is 11.5. The van der Waals surface area contributed by atoms with Gasteiger partial charge in [0, 0.05) is 12.5 Å². The largest absolute Gasteiger partial charge is 0.497 e. The van der Waals surface area contributed by atoms with Gasteiger partial charge in [0.1, 0.15) is 11.6 Å². The molecule has 1 heterocycles. The quantitative estimate of drug-likeness (QED) is 0.822. The van der Waals surface area contributed by atoms with Crippen molar-refractivity contribution in [3.05, 3.63) is 42.0 Å². The summed E-state index contributed by atoms with van der Waals surface area (Å²) in [5, 5.41) is 14.0. The number of rotatable bonds is 7. The standard InChI is InChI=1S/C17H22N4O2/c1-12(2)17(22)19-16-8-7-15(20-21-16)18-10-9-13-5-4-6-14(11-13)23-3/h4-8,11-12H,9-10H2,1-3H3,(H,18,20)(H,19,21,22). The van der Waals surface area contributed by atoms with E-state index in [1.807, 2.05) is 32.0 Å². The molecule has 0 saturated carbocycles. The van der Waals surface area contributed by atoms with Crippen molar-refractivity contribution < 1.29 is 9.53 Å². The molecule has 0 atom stereocenters. The molecule has 2 rings (SSSR count). The Morgan fingerprint density at radius 3 is 2.57 bits per heavy atom. The topological polar surface area (TPSA) is 76.1 Å². The van der Waals surface area contributed by atoms with E-state index in [-0.39, 0.29) is 11.8 Å². The van der Waals surface area contributed by atoms with Crippen LogP contribution in [0.3, 0.4) is 0 Å². The average molecular weight is 314 g/mol. The van der Waals surface area contributed by atoms with E-state index >= 15 is 0 Å². The van der Waals surface area contributed by atoms with Gasteiger partial charge in [-0.3, -0.25) is 4.79 Å². The zero-order chi connectivity index (χ0) is 16.7. The van der Waals surface area contributed by atoms with Crippen molar-refractivity contribution in [3.63, 3.8) is 0 Å². The number of anilines is 2. The molecule has 0 bridgehead atoms. The van der Waals surface area contributed by atoms with E-state index in [1.165, 1.54) is 5.56 Å². The number of methoxy groups -OCH3 is 1. The maximum atomic E-state index is 11.6. The van der Waals surface area contributed by atoms with Crippen molar-refractivity contribution in [3.8, 4) is 5.75 Å². The van der Waals surface area contributed by atoms with E-state index in [0.717, 1.165) is 18.7 Å². The maximum Gasteiger partial charge on any atom is 0.228 e. The number of nitrogens with zero attached hydrogens (tertiary/aromatic N) is 2. The van der Waals surface area contributed by atoms with Crippen LogP contribution < -0.4 is 15.4 Å². The molecule has 0 aliphatic rings. The number of amides is 1. The number of hydrogen-bond acceptors (Lipinski definition) is 5. The van der Waals surface area contributed by atoms with Crippen LogP contribution in [0.25, 0.3) is 0 Å². The highest BCUT2D eigenvalue weighted by Gasteiger charge is 2.08. The van der Waals surface area contributed by atoms with Gasteiger partial charge in [0.15, 0.2) is 5.82 Å². The average Bonchev–Trinajstić information content (AvgIpc) is 2.56. The van der Waals surface area contributed by atoms with Gasteiger partial charge in [-0.15, -0.1) is 10.2 Å². The summed E-state index contributed by atoms with van der Waals surface area (Å²) in [4.78, 5) is 11.6. The second kappa shape index (κ2) is 8.12. The second-order valence-electron chi connectivity index (χ2n) is 5.48. The molecule has 1 amide bonds. The summed E-state index contributed by atoms with van der Waals surface area (Å²) in [5.41, 5.74) is 1.19. The molecule has 0 unspecified atom stereocenters. The molecule has 0 radical (unpaired) electrons. The van der Waals surface area contributed by atoms with E-state index in [4.69, 9.17) is 4.74 Å². The van der Waals surface area contributed by atoms with Crippen molar-refractivity contribution >= 4 is 17.5 Å². The monoisotopic (exact) mass is 314 g/mol. The fourth-order valence-electron chi connectivity index (χ4n) is 1.93. The molecular weight excluding hydrogens is 292 g/mol. The van der Waals surface area contributed by atoms with Crippen LogP contribution in [0.4, 0.5) is 11.6 Å². The van der Waals surface area contributed by atoms with Crippen molar-refractivity contribution in [1.82, 2.24) is 10.2 Å². The lowest BCUT2D eigenvalue weighted by Crippen LogP contribution is -2.19. The molecule has 122 valence electrons. The number of benzene rings is 1. The van der Waals surface area contributed by atoms with Crippen molar-refractivity contribution in [2.75, 3.05) is 24.3 Å². The van der Waals surface area contributed by atoms with Gasteiger partial charge < -0.3 is 15.4 Å². The zero-order valence-electron chi connectivity index (χ0n) is 13.7. The number of carbonyl (C=O) groups excluding carboxylic acids is 1. The Morgan fingerprint density at radius 1 is 1.17 bits per heavy atom. The third-order valence-electron chi connectivity index (χ3n) is 3.29. The van der Waals surface area contributed by atoms with Gasteiger partial charge in [0.05, 0.1) is 7.11 Å². The predicted molar refractivity (Wildman–Crippen MR) is 90.7 cm³/mol. The third kappa shape index (κ3) is 5.25. The summed E-state index contributed by atoms with van der Waals surface area (Å²) in [5.74, 6) is 1.83. The number of hydrogen-bond donors (Lipinski definition) is 2. The number of nitrogens with one attached hydrogen (secondary N) is 2. The fraction of sp³-hybridized carbons (Fsp3) is 0.353. The summed E-state index contributed by atoms with van der Waals surface area (Å²) in [6.45, 7) is 4.40. The Balaban J connectivity index is 1.83. The Labute approximate surface area is 136 Å². The van der Waals surface area contributed by atoms with E-state index in [0.29, 0.717) is 11.6 Å². The minimum absolute atomic E-state index is 0.0713. The summed E-state index contributed by atoms with van der Waals surface area (Å²) in [7, 11) is 1.66. The van der Waals surface area contributed by atoms with Gasteiger partial charge in [-0.1, -0.05) is 26.0 Å². The number of ether oxygens (including phenoxy) is 1. The molecule has 2 N–H and O–H groups in total. The zero-order valence-corrected chi connectivity index (χ0v) is 13.7. The highest BCUT2D eigenvalue weighted by atomic mass is 16.5. The first-order chi connectivity index (χ1) is 11.1. The molecular formula is C17H22N4O2. The van der Waals surface area contributed by atoms with Crippen molar-refractivity contribution in [2.24, 2.45) is 5.92 Å². The van der Waals surface area contributed by atoms with E-state index in [9.17, 15) is 4.79 Å². The van der Waals surface area contributed by atoms with Crippen LogP contribution in [0.15, 0.2) is 36.4 Å². The van der Waals surface area contributed by atoms with Crippen molar-refractivity contribution in [1.29, 1.82) is 0 Å². The number of aromatic nitrogens is 2. The molecule has 23 heavy (non-hydrogen) atoms. The molecule has 0 spiro atoms. The molecule has 0 aliphatic carbocycles. The van der Waals surface area contributed by atoms with Gasteiger partial charge in [0.2, 0.25) is 5.91 Å². The fourth-order valence-corrected chi connectivity index (χ4v) is 1.93. The predicted octanol–water partition coefficient (Wildman–Crippen LogP) is 2.73. The van der Waals surface area contributed by atoms with Gasteiger partial charge >= 0.3 is 0 Å². The van der Waals surface area contributed by atoms with Gasteiger partial charge in [-0.25, -0.2) is 0 Å². The molecule has 6 nitrogen and oxygen atoms in total. The molecule has 0 fully saturated rings. The third-order valence-corrected chi connectivity index (χ3v) is 3.29. The summed E-state index contributed by atoms with van der Waals surface area (Å²) in [6.07, 6.45) is 0.852. The van der Waals surface area contributed by atoms with E-state index < -0.39 is 0 Å². The maximum absolute atomic E-state index is 11.6. The van der Waals surface area contributed by atoms with Gasteiger partial charge in [-0.2, -0.15) is 0 Å². The molecule has 6 heteroatoms. The highest BCUT2D eigenvalue weighted by molar-refractivity contribution is 5.91. The Kier molecular flexibility index (Phi) is 5.91. The van der Waals surface area contributed by atoms with Crippen LogP contribution in [-0.4, -0.2) is 29.8 Å². The normalized spacial score (nSPS) is 10.4. The van der Waals surface area contributed by atoms with E-state index in [2.05, 4.69) is 26.9 Å². The molecule has 1 aromatic carbocycles. The molecule has 2 aromatic rings. The van der Waals surface area contributed by atoms with Gasteiger partial charge in [-0.05, 0) is 36.2 Å². The first-order valence-electron chi connectivity index (χ1n) is 7.60. The first kappa shape index (κ1) is 16.7. The molecule has 0 aliphatic heterocycles. The minimum Gasteiger partial charge on any atom is -0.497 e. The SMILES string of the molecule is COc1cccc(CCNc2ccc(NC(=O)C(C)C)nn2)c1. The lowest BCUT2D eigenvalue weighted by molar-refractivity contribution is -0.118. The summed E-state index contributed by atoms with van der Waals surface area (Å²) >= 11 is 0. The number of carbonyl (C=O) groups is 1. The lowest BCUT2D eigenvalue weighted by Gasteiger charge is -2.08. The molecule has 0 saturated heterocycles. The summed E-state index contributed by atoms with van der Waals surface area (Å²) < 4.78 is 5.20.